The maximum absolute atomic E-state index is 5.68. The van der Waals surface area contributed by atoms with E-state index in [-0.39, 0.29) is 0 Å². The summed E-state index contributed by atoms with van der Waals surface area (Å²) in [5, 5.41) is 0. The number of unbranched alkanes of at least 4 members (excludes halogenated alkanes) is 1. The van der Waals surface area contributed by atoms with Gasteiger partial charge >= 0.3 is 0 Å². The number of ether oxygens (including phenoxy) is 1. The van der Waals surface area contributed by atoms with Gasteiger partial charge in [-0.05, 0) is 48.4 Å². The number of allylic oxidation sites excluding steroid dienone is 1. The van der Waals surface area contributed by atoms with Gasteiger partial charge in [-0.2, -0.15) is 0 Å². The number of rotatable bonds is 8. The molecule has 0 spiro atoms. The van der Waals surface area contributed by atoms with E-state index in [2.05, 4.69) is 28.0 Å². The van der Waals surface area contributed by atoms with Gasteiger partial charge in [0.1, 0.15) is 5.75 Å². The van der Waals surface area contributed by atoms with Gasteiger partial charge in [-0.25, -0.2) is 9.98 Å². The summed E-state index contributed by atoms with van der Waals surface area (Å²) < 4.78 is 7.74. The summed E-state index contributed by atoms with van der Waals surface area (Å²) in [5.41, 5.74) is 3.02. The number of aliphatic imine (C=N–C) groups is 1. The maximum atomic E-state index is 5.68. The van der Waals surface area contributed by atoms with E-state index >= 15 is 0 Å². The minimum Gasteiger partial charge on any atom is -0.494 e. The molecule has 0 bridgehead atoms. The van der Waals surface area contributed by atoms with E-state index in [1.54, 1.807) is 0 Å². The van der Waals surface area contributed by atoms with Crippen LogP contribution in [0.3, 0.4) is 0 Å². The van der Waals surface area contributed by atoms with Gasteiger partial charge in [-0.3, -0.25) is 0 Å². The molecule has 4 heteroatoms. The van der Waals surface area contributed by atoms with Crippen molar-refractivity contribution in [2.24, 2.45) is 4.99 Å². The fourth-order valence-corrected chi connectivity index (χ4v) is 2.59. The first-order valence-corrected chi connectivity index (χ1v) is 8.65. The van der Waals surface area contributed by atoms with E-state index < -0.39 is 0 Å². The van der Waals surface area contributed by atoms with Crippen LogP contribution in [0.5, 0.6) is 5.75 Å². The van der Waals surface area contributed by atoms with Crippen molar-refractivity contribution in [2.45, 2.75) is 26.3 Å². The first-order valence-electron chi connectivity index (χ1n) is 8.65. The standard InChI is InChI=1S/C21H23N3O/c1-3-5-15-25-18-12-10-17(11-13-18)16-22-21-23-19-8-6-7-9-20(19)24(21)14-4-2/h4,6-13,16H,2-3,5,14-15H2,1H3/b22-16+. The van der Waals surface area contributed by atoms with Crippen molar-refractivity contribution in [1.82, 2.24) is 9.55 Å². The Kier molecular flexibility index (Phi) is 5.62. The van der Waals surface area contributed by atoms with E-state index in [0.717, 1.165) is 41.8 Å². The van der Waals surface area contributed by atoms with E-state index in [9.17, 15) is 0 Å². The van der Waals surface area contributed by atoms with E-state index in [0.29, 0.717) is 12.5 Å². The van der Waals surface area contributed by atoms with E-state index in [4.69, 9.17) is 4.74 Å². The normalized spacial score (nSPS) is 11.2. The van der Waals surface area contributed by atoms with Crippen LogP contribution in [0.1, 0.15) is 25.3 Å². The van der Waals surface area contributed by atoms with Crippen LogP contribution < -0.4 is 4.74 Å². The second-order valence-corrected chi connectivity index (χ2v) is 5.83. The number of nitrogens with zero attached hydrogens (tertiary/aromatic N) is 3. The molecule has 128 valence electrons. The molecule has 2 aromatic carbocycles. The number of benzene rings is 2. The van der Waals surface area contributed by atoms with E-state index in [1.165, 1.54) is 0 Å². The molecular weight excluding hydrogens is 310 g/mol. The van der Waals surface area contributed by atoms with Crippen molar-refractivity contribution in [3.05, 3.63) is 66.7 Å². The monoisotopic (exact) mass is 333 g/mol. The summed E-state index contributed by atoms with van der Waals surface area (Å²) in [5.74, 6) is 1.58. The summed E-state index contributed by atoms with van der Waals surface area (Å²) in [6.07, 6.45) is 5.89. The number of hydrogen-bond donors (Lipinski definition) is 0. The molecule has 0 radical (unpaired) electrons. The van der Waals surface area contributed by atoms with Crippen LogP contribution in [0.2, 0.25) is 0 Å². The van der Waals surface area contributed by atoms with Crippen LogP contribution in [0.15, 0.2) is 66.2 Å². The molecule has 0 aliphatic heterocycles. The van der Waals surface area contributed by atoms with Gasteiger partial charge in [-0.15, -0.1) is 6.58 Å². The van der Waals surface area contributed by atoms with Gasteiger partial charge in [0.15, 0.2) is 0 Å². The van der Waals surface area contributed by atoms with Crippen LogP contribution in [-0.2, 0) is 6.54 Å². The Morgan fingerprint density at radius 2 is 1.96 bits per heavy atom. The van der Waals surface area contributed by atoms with Crippen LogP contribution in [-0.4, -0.2) is 22.4 Å². The number of hydrogen-bond acceptors (Lipinski definition) is 3. The number of aromatic nitrogens is 2. The Morgan fingerprint density at radius 3 is 2.72 bits per heavy atom. The quantitative estimate of drug-likeness (QED) is 0.325. The molecule has 0 saturated heterocycles. The molecule has 4 nitrogen and oxygen atoms in total. The molecule has 0 fully saturated rings. The van der Waals surface area contributed by atoms with Crippen molar-refractivity contribution >= 4 is 23.2 Å². The fraction of sp³-hybridized carbons (Fsp3) is 0.238. The third kappa shape index (κ3) is 4.15. The highest BCUT2D eigenvalue weighted by molar-refractivity contribution is 5.83. The summed E-state index contributed by atoms with van der Waals surface area (Å²) in [4.78, 5) is 9.18. The number of imidazole rings is 1. The molecule has 3 rings (SSSR count). The molecule has 0 aliphatic rings. The molecule has 1 aromatic heterocycles. The fourth-order valence-electron chi connectivity index (χ4n) is 2.59. The SMILES string of the molecule is C=CCn1c(/N=C/c2ccc(OCCCC)cc2)nc2ccccc21. The van der Waals surface area contributed by atoms with Crippen LogP contribution in [0.25, 0.3) is 11.0 Å². The summed E-state index contributed by atoms with van der Waals surface area (Å²) >= 11 is 0. The predicted molar refractivity (Wildman–Crippen MR) is 104 cm³/mol. The topological polar surface area (TPSA) is 39.4 Å². The summed E-state index contributed by atoms with van der Waals surface area (Å²) in [7, 11) is 0. The average molecular weight is 333 g/mol. The van der Waals surface area contributed by atoms with Crippen molar-refractivity contribution in [1.29, 1.82) is 0 Å². The Labute approximate surface area is 148 Å². The first-order chi connectivity index (χ1) is 12.3. The molecule has 0 amide bonds. The Hall–Kier alpha value is -2.88. The van der Waals surface area contributed by atoms with Gasteiger partial charge in [-0.1, -0.05) is 31.6 Å². The highest BCUT2D eigenvalue weighted by Gasteiger charge is 2.07. The highest BCUT2D eigenvalue weighted by atomic mass is 16.5. The highest BCUT2D eigenvalue weighted by Crippen LogP contribution is 2.22. The second kappa shape index (κ2) is 8.29. The maximum Gasteiger partial charge on any atom is 0.230 e. The lowest BCUT2D eigenvalue weighted by Gasteiger charge is -2.05. The molecule has 1 heterocycles. The van der Waals surface area contributed by atoms with Crippen molar-refractivity contribution < 1.29 is 4.74 Å². The minimum atomic E-state index is 0.678. The van der Waals surface area contributed by atoms with Gasteiger partial charge in [0, 0.05) is 12.8 Å². The Bertz CT molecular complexity index is 862. The smallest absolute Gasteiger partial charge is 0.230 e. The van der Waals surface area contributed by atoms with Gasteiger partial charge in [0.25, 0.3) is 0 Å². The molecule has 0 N–H and O–H groups in total. The van der Waals surface area contributed by atoms with Crippen LogP contribution in [0.4, 0.5) is 5.95 Å². The Morgan fingerprint density at radius 1 is 1.16 bits per heavy atom. The minimum absolute atomic E-state index is 0.678. The predicted octanol–water partition coefficient (Wildman–Crippen LogP) is 5.15. The molecular formula is C21H23N3O. The summed E-state index contributed by atoms with van der Waals surface area (Å²) in [6, 6.07) is 16.0. The van der Waals surface area contributed by atoms with Crippen LogP contribution >= 0.6 is 0 Å². The summed E-state index contributed by atoms with van der Waals surface area (Å²) in [6.45, 7) is 7.42. The van der Waals surface area contributed by atoms with Crippen molar-refractivity contribution in [3.63, 3.8) is 0 Å². The molecule has 0 atom stereocenters. The average Bonchev–Trinajstić information content (AvgIpc) is 2.99. The molecule has 0 saturated carbocycles. The van der Waals surface area contributed by atoms with Gasteiger partial charge in [0.2, 0.25) is 5.95 Å². The first kappa shape index (κ1) is 17.0. The molecule has 3 aromatic rings. The Balaban J connectivity index is 1.78. The number of para-hydroxylation sites is 2. The van der Waals surface area contributed by atoms with E-state index in [1.807, 2.05) is 60.8 Å². The van der Waals surface area contributed by atoms with Gasteiger partial charge in [0.05, 0.1) is 17.6 Å². The third-order valence-corrected chi connectivity index (χ3v) is 3.92. The molecule has 25 heavy (non-hydrogen) atoms. The lowest BCUT2D eigenvalue weighted by molar-refractivity contribution is 0.309. The third-order valence-electron chi connectivity index (χ3n) is 3.92. The zero-order valence-electron chi connectivity index (χ0n) is 14.6. The zero-order valence-corrected chi connectivity index (χ0v) is 14.6. The van der Waals surface area contributed by atoms with Crippen LogP contribution in [0, 0.1) is 0 Å². The van der Waals surface area contributed by atoms with Crippen molar-refractivity contribution in [2.75, 3.05) is 6.61 Å². The second-order valence-electron chi connectivity index (χ2n) is 5.83. The molecule has 0 aliphatic carbocycles. The zero-order chi connectivity index (χ0) is 17.5. The lowest BCUT2D eigenvalue weighted by Crippen LogP contribution is -1.96. The largest absolute Gasteiger partial charge is 0.494 e. The van der Waals surface area contributed by atoms with Gasteiger partial charge < -0.3 is 9.30 Å². The lowest BCUT2D eigenvalue weighted by atomic mass is 10.2. The molecule has 0 unspecified atom stereocenters. The number of fused-ring (bicyclic) bond motifs is 1. The van der Waals surface area contributed by atoms with Crippen molar-refractivity contribution in [3.8, 4) is 5.75 Å².